The Morgan fingerprint density at radius 3 is 2.73 bits per heavy atom. The van der Waals surface area contributed by atoms with E-state index in [0.29, 0.717) is 0 Å². The highest BCUT2D eigenvalue weighted by Crippen LogP contribution is 2.23. The molecule has 0 bridgehead atoms. The van der Waals surface area contributed by atoms with Crippen molar-refractivity contribution >= 4 is 5.78 Å². The van der Waals surface area contributed by atoms with E-state index in [0.717, 1.165) is 25.0 Å². The second-order valence-corrected chi connectivity index (χ2v) is 4.07. The van der Waals surface area contributed by atoms with Gasteiger partial charge in [0.1, 0.15) is 0 Å². The minimum Gasteiger partial charge on any atom is -0.377 e. The molecule has 1 aliphatic rings. The van der Waals surface area contributed by atoms with Crippen molar-refractivity contribution in [3.8, 4) is 0 Å². The van der Waals surface area contributed by atoms with Gasteiger partial charge in [-0.05, 0) is 12.8 Å². The molecule has 0 radical (unpaired) electrons. The molecule has 0 saturated carbocycles. The fourth-order valence-corrected chi connectivity index (χ4v) is 2.03. The number of benzene rings is 1. The summed E-state index contributed by atoms with van der Waals surface area (Å²) in [5.74, 6) is 0.178. The van der Waals surface area contributed by atoms with Gasteiger partial charge in [0.25, 0.3) is 0 Å². The molecule has 0 amide bonds. The molecule has 2 unspecified atom stereocenters. The SMILES string of the molecule is CC(C(=O)c1ccccc1)C1CCCO1. The van der Waals surface area contributed by atoms with E-state index in [4.69, 9.17) is 4.74 Å². The van der Waals surface area contributed by atoms with Gasteiger partial charge in [-0.3, -0.25) is 4.79 Å². The molecule has 15 heavy (non-hydrogen) atoms. The minimum absolute atomic E-state index is 0.0186. The quantitative estimate of drug-likeness (QED) is 0.707. The number of rotatable bonds is 3. The molecule has 0 aliphatic carbocycles. The third-order valence-corrected chi connectivity index (χ3v) is 2.99. The Kier molecular flexibility index (Phi) is 3.17. The van der Waals surface area contributed by atoms with Crippen LogP contribution in [0, 0.1) is 5.92 Å². The van der Waals surface area contributed by atoms with Crippen molar-refractivity contribution < 1.29 is 9.53 Å². The summed E-state index contributed by atoms with van der Waals surface area (Å²) in [7, 11) is 0. The molecule has 1 aromatic rings. The van der Waals surface area contributed by atoms with Crippen LogP contribution in [-0.2, 0) is 4.74 Å². The van der Waals surface area contributed by atoms with Gasteiger partial charge in [0, 0.05) is 18.1 Å². The third-order valence-electron chi connectivity index (χ3n) is 2.99. The fraction of sp³-hybridized carbons (Fsp3) is 0.462. The lowest BCUT2D eigenvalue weighted by Gasteiger charge is -2.17. The van der Waals surface area contributed by atoms with Gasteiger partial charge in [-0.2, -0.15) is 0 Å². The van der Waals surface area contributed by atoms with Crippen LogP contribution in [0.1, 0.15) is 30.1 Å². The first kappa shape index (κ1) is 10.4. The lowest BCUT2D eigenvalue weighted by Crippen LogP contribution is -2.25. The number of hydrogen-bond donors (Lipinski definition) is 0. The van der Waals surface area contributed by atoms with E-state index in [1.165, 1.54) is 0 Å². The molecule has 1 aliphatic heterocycles. The molecule has 1 fully saturated rings. The van der Waals surface area contributed by atoms with Crippen molar-refractivity contribution in [1.29, 1.82) is 0 Å². The summed E-state index contributed by atoms with van der Waals surface area (Å²) in [5, 5.41) is 0. The third kappa shape index (κ3) is 2.26. The van der Waals surface area contributed by atoms with Gasteiger partial charge in [-0.1, -0.05) is 37.3 Å². The average molecular weight is 204 g/mol. The Labute approximate surface area is 90.3 Å². The average Bonchev–Trinajstić information content (AvgIpc) is 2.82. The van der Waals surface area contributed by atoms with Crippen LogP contribution in [0.5, 0.6) is 0 Å². The van der Waals surface area contributed by atoms with Crippen LogP contribution in [0.4, 0.5) is 0 Å². The van der Waals surface area contributed by atoms with E-state index in [2.05, 4.69) is 0 Å². The standard InChI is InChI=1S/C13H16O2/c1-10(12-8-5-9-15-12)13(14)11-6-3-2-4-7-11/h2-4,6-7,10,12H,5,8-9H2,1H3. The zero-order valence-electron chi connectivity index (χ0n) is 8.98. The molecule has 2 nitrogen and oxygen atoms in total. The van der Waals surface area contributed by atoms with Gasteiger partial charge in [0.15, 0.2) is 5.78 Å². The highest BCUT2D eigenvalue weighted by atomic mass is 16.5. The van der Waals surface area contributed by atoms with Crippen LogP contribution in [0.2, 0.25) is 0 Å². The first-order chi connectivity index (χ1) is 7.29. The first-order valence-electron chi connectivity index (χ1n) is 5.50. The predicted octanol–water partition coefficient (Wildman–Crippen LogP) is 2.68. The van der Waals surface area contributed by atoms with Gasteiger partial charge < -0.3 is 4.74 Å². The number of carbonyl (C=O) groups excluding carboxylic acids is 1. The minimum atomic E-state index is -0.0186. The van der Waals surface area contributed by atoms with Gasteiger partial charge in [0.2, 0.25) is 0 Å². The van der Waals surface area contributed by atoms with Crippen molar-refractivity contribution in [2.75, 3.05) is 6.61 Å². The number of ketones is 1. The molecule has 2 atom stereocenters. The summed E-state index contributed by atoms with van der Waals surface area (Å²) < 4.78 is 5.54. The zero-order valence-corrected chi connectivity index (χ0v) is 8.98. The summed E-state index contributed by atoms with van der Waals surface area (Å²) in [6.45, 7) is 2.77. The summed E-state index contributed by atoms with van der Waals surface area (Å²) in [4.78, 5) is 12.1. The summed E-state index contributed by atoms with van der Waals surface area (Å²) >= 11 is 0. The Bertz CT molecular complexity index is 326. The summed E-state index contributed by atoms with van der Waals surface area (Å²) in [6.07, 6.45) is 2.22. The maximum atomic E-state index is 12.1. The second-order valence-electron chi connectivity index (χ2n) is 4.07. The van der Waals surface area contributed by atoms with E-state index < -0.39 is 0 Å². The van der Waals surface area contributed by atoms with Gasteiger partial charge in [0.05, 0.1) is 6.10 Å². The highest BCUT2D eigenvalue weighted by Gasteiger charge is 2.28. The predicted molar refractivity (Wildman–Crippen MR) is 58.9 cm³/mol. The van der Waals surface area contributed by atoms with Crippen molar-refractivity contribution in [1.82, 2.24) is 0 Å². The van der Waals surface area contributed by atoms with Crippen molar-refractivity contribution in [3.05, 3.63) is 35.9 Å². The number of ether oxygens (including phenoxy) is 1. The molecular weight excluding hydrogens is 188 g/mol. The van der Waals surface area contributed by atoms with Crippen LogP contribution in [0.3, 0.4) is 0 Å². The van der Waals surface area contributed by atoms with Gasteiger partial charge in [-0.25, -0.2) is 0 Å². The normalized spacial score (nSPS) is 22.6. The molecule has 1 saturated heterocycles. The first-order valence-corrected chi connectivity index (χ1v) is 5.50. The Hall–Kier alpha value is -1.15. The van der Waals surface area contributed by atoms with E-state index in [9.17, 15) is 4.79 Å². The fourth-order valence-electron chi connectivity index (χ4n) is 2.03. The van der Waals surface area contributed by atoms with Gasteiger partial charge in [-0.15, -0.1) is 0 Å². The summed E-state index contributed by atoms with van der Waals surface area (Å²) in [6, 6.07) is 9.46. The molecule has 1 heterocycles. The topological polar surface area (TPSA) is 26.3 Å². The van der Waals surface area contributed by atoms with Crippen molar-refractivity contribution in [2.45, 2.75) is 25.9 Å². The maximum Gasteiger partial charge on any atom is 0.168 e. The molecule has 2 rings (SSSR count). The van der Waals surface area contributed by atoms with E-state index in [1.807, 2.05) is 37.3 Å². The monoisotopic (exact) mass is 204 g/mol. The van der Waals surface area contributed by atoms with E-state index in [-0.39, 0.29) is 17.8 Å². The highest BCUT2D eigenvalue weighted by molar-refractivity contribution is 5.97. The van der Waals surface area contributed by atoms with Crippen molar-refractivity contribution in [3.63, 3.8) is 0 Å². The van der Waals surface area contributed by atoms with Crippen LogP contribution in [0.25, 0.3) is 0 Å². The van der Waals surface area contributed by atoms with Crippen LogP contribution in [0.15, 0.2) is 30.3 Å². The lowest BCUT2D eigenvalue weighted by molar-refractivity contribution is 0.0553. The molecule has 0 spiro atoms. The summed E-state index contributed by atoms with van der Waals surface area (Å²) in [5.41, 5.74) is 0.792. The lowest BCUT2D eigenvalue weighted by atomic mass is 9.93. The molecule has 0 aromatic heterocycles. The van der Waals surface area contributed by atoms with Crippen molar-refractivity contribution in [2.24, 2.45) is 5.92 Å². The Morgan fingerprint density at radius 2 is 2.13 bits per heavy atom. The van der Waals surface area contributed by atoms with E-state index in [1.54, 1.807) is 0 Å². The number of carbonyl (C=O) groups is 1. The van der Waals surface area contributed by atoms with E-state index >= 15 is 0 Å². The van der Waals surface area contributed by atoms with Gasteiger partial charge >= 0.3 is 0 Å². The molecule has 80 valence electrons. The molecule has 0 N–H and O–H groups in total. The Morgan fingerprint density at radius 1 is 1.40 bits per heavy atom. The second kappa shape index (κ2) is 4.58. The maximum absolute atomic E-state index is 12.1. The largest absolute Gasteiger partial charge is 0.377 e. The molecule has 2 heteroatoms. The van der Waals surface area contributed by atoms with Crippen LogP contribution in [-0.4, -0.2) is 18.5 Å². The smallest absolute Gasteiger partial charge is 0.168 e. The molecular formula is C13H16O2. The number of Topliss-reactive ketones (excluding diaryl/α,β-unsaturated/α-hetero) is 1. The zero-order chi connectivity index (χ0) is 10.7. The van der Waals surface area contributed by atoms with Crippen LogP contribution < -0.4 is 0 Å². The van der Waals surface area contributed by atoms with Crippen LogP contribution >= 0.6 is 0 Å². The molecule has 1 aromatic carbocycles. The number of hydrogen-bond acceptors (Lipinski definition) is 2. The Balaban J connectivity index is 2.07.